The summed E-state index contributed by atoms with van der Waals surface area (Å²) in [7, 11) is 1.65. The Morgan fingerprint density at radius 2 is 2.11 bits per heavy atom. The summed E-state index contributed by atoms with van der Waals surface area (Å²) in [5, 5.41) is 6.34. The summed E-state index contributed by atoms with van der Waals surface area (Å²) in [4.78, 5) is 11.7. The van der Waals surface area contributed by atoms with Crippen molar-refractivity contribution in [1.29, 1.82) is 0 Å². The summed E-state index contributed by atoms with van der Waals surface area (Å²) in [6, 6.07) is 0.602. The van der Waals surface area contributed by atoms with Crippen molar-refractivity contribution in [1.82, 2.24) is 10.6 Å². The molecule has 0 aromatic rings. The van der Waals surface area contributed by atoms with Crippen molar-refractivity contribution >= 4 is 5.91 Å². The zero-order chi connectivity index (χ0) is 13.4. The van der Waals surface area contributed by atoms with E-state index in [1.165, 1.54) is 32.1 Å². The topological polar surface area (TPSA) is 50.4 Å². The fourth-order valence-corrected chi connectivity index (χ4v) is 2.81. The molecule has 4 nitrogen and oxygen atoms in total. The Kier molecular flexibility index (Phi) is 7.28. The summed E-state index contributed by atoms with van der Waals surface area (Å²) >= 11 is 0. The van der Waals surface area contributed by atoms with Gasteiger partial charge in [0.25, 0.3) is 0 Å². The van der Waals surface area contributed by atoms with Crippen LogP contribution in [0.2, 0.25) is 0 Å². The maximum Gasteiger partial charge on any atom is 0.234 e. The number of hydrogen-bond donors (Lipinski definition) is 2. The maximum absolute atomic E-state index is 11.7. The monoisotopic (exact) mass is 256 g/mol. The first-order valence-corrected chi connectivity index (χ1v) is 7.19. The molecule has 106 valence electrons. The van der Waals surface area contributed by atoms with Gasteiger partial charge in [0, 0.05) is 19.2 Å². The maximum atomic E-state index is 11.7. The minimum atomic E-state index is 0.0694. The Bertz CT molecular complexity index is 246. The van der Waals surface area contributed by atoms with Gasteiger partial charge in [-0.1, -0.05) is 26.2 Å². The lowest BCUT2D eigenvalue weighted by Crippen LogP contribution is -2.46. The van der Waals surface area contributed by atoms with Crippen LogP contribution in [0.5, 0.6) is 0 Å². The molecular formula is C14H28N2O2. The van der Waals surface area contributed by atoms with Gasteiger partial charge in [-0.3, -0.25) is 4.79 Å². The van der Waals surface area contributed by atoms with Crippen LogP contribution in [-0.2, 0) is 9.53 Å². The van der Waals surface area contributed by atoms with E-state index < -0.39 is 0 Å². The van der Waals surface area contributed by atoms with Crippen molar-refractivity contribution in [2.24, 2.45) is 5.92 Å². The molecule has 1 fully saturated rings. The van der Waals surface area contributed by atoms with Gasteiger partial charge in [-0.15, -0.1) is 0 Å². The fourth-order valence-electron chi connectivity index (χ4n) is 2.81. The highest BCUT2D eigenvalue weighted by atomic mass is 16.5. The predicted molar refractivity (Wildman–Crippen MR) is 73.5 cm³/mol. The van der Waals surface area contributed by atoms with Gasteiger partial charge in [-0.25, -0.2) is 0 Å². The molecule has 0 aliphatic heterocycles. The molecule has 0 spiro atoms. The molecule has 0 heterocycles. The zero-order valence-electron chi connectivity index (χ0n) is 12.0. The molecule has 0 bridgehead atoms. The Morgan fingerprint density at radius 1 is 1.39 bits per heavy atom. The highest BCUT2D eigenvalue weighted by Gasteiger charge is 2.23. The summed E-state index contributed by atoms with van der Waals surface area (Å²) in [6.07, 6.45) is 6.35. The second-order valence-electron chi connectivity index (χ2n) is 5.36. The molecule has 1 amide bonds. The molecular weight excluding hydrogens is 228 g/mol. The molecule has 0 aromatic heterocycles. The molecule has 1 aliphatic carbocycles. The van der Waals surface area contributed by atoms with Crippen molar-refractivity contribution in [2.75, 3.05) is 20.3 Å². The van der Waals surface area contributed by atoms with Gasteiger partial charge in [0.15, 0.2) is 0 Å². The SMILES string of the molecule is CCC1CCCCC1NCC(=O)NC(C)COC. The lowest BCUT2D eigenvalue weighted by atomic mass is 9.83. The third-order valence-electron chi connectivity index (χ3n) is 3.78. The van der Waals surface area contributed by atoms with Gasteiger partial charge in [-0.05, 0) is 25.7 Å². The van der Waals surface area contributed by atoms with Crippen LogP contribution in [0.1, 0.15) is 46.0 Å². The van der Waals surface area contributed by atoms with E-state index in [0.29, 0.717) is 19.2 Å². The highest BCUT2D eigenvalue weighted by molar-refractivity contribution is 5.78. The Hall–Kier alpha value is -0.610. The van der Waals surface area contributed by atoms with E-state index in [2.05, 4.69) is 17.6 Å². The second-order valence-corrected chi connectivity index (χ2v) is 5.36. The largest absolute Gasteiger partial charge is 0.383 e. The molecule has 0 radical (unpaired) electrons. The van der Waals surface area contributed by atoms with Crippen molar-refractivity contribution < 1.29 is 9.53 Å². The number of rotatable bonds is 7. The van der Waals surface area contributed by atoms with Crippen LogP contribution < -0.4 is 10.6 Å². The number of hydrogen-bond acceptors (Lipinski definition) is 3. The van der Waals surface area contributed by atoms with Crippen LogP contribution in [0.4, 0.5) is 0 Å². The van der Waals surface area contributed by atoms with Gasteiger partial charge < -0.3 is 15.4 Å². The molecule has 4 heteroatoms. The summed E-state index contributed by atoms with van der Waals surface area (Å²) in [5.41, 5.74) is 0. The van der Waals surface area contributed by atoms with E-state index in [1.807, 2.05) is 6.92 Å². The number of nitrogens with one attached hydrogen (secondary N) is 2. The minimum Gasteiger partial charge on any atom is -0.383 e. The third kappa shape index (κ3) is 5.36. The van der Waals surface area contributed by atoms with Gasteiger partial charge in [0.2, 0.25) is 5.91 Å². The summed E-state index contributed by atoms with van der Waals surface area (Å²) < 4.78 is 5.00. The molecule has 0 aromatic carbocycles. The summed E-state index contributed by atoms with van der Waals surface area (Å²) in [5.74, 6) is 0.808. The molecule has 1 rings (SSSR count). The smallest absolute Gasteiger partial charge is 0.234 e. The fraction of sp³-hybridized carbons (Fsp3) is 0.929. The van der Waals surface area contributed by atoms with Gasteiger partial charge in [-0.2, -0.15) is 0 Å². The minimum absolute atomic E-state index is 0.0694. The zero-order valence-corrected chi connectivity index (χ0v) is 12.0. The molecule has 2 N–H and O–H groups in total. The molecule has 3 atom stereocenters. The van der Waals surface area contributed by atoms with Crippen LogP contribution in [0.25, 0.3) is 0 Å². The van der Waals surface area contributed by atoms with Crippen LogP contribution >= 0.6 is 0 Å². The molecule has 0 saturated heterocycles. The number of amides is 1. The normalized spacial score (nSPS) is 25.7. The van der Waals surface area contributed by atoms with E-state index in [9.17, 15) is 4.79 Å². The van der Waals surface area contributed by atoms with Crippen LogP contribution in [0.15, 0.2) is 0 Å². The second kappa shape index (κ2) is 8.48. The Labute approximate surface area is 111 Å². The Morgan fingerprint density at radius 3 is 2.78 bits per heavy atom. The average Bonchev–Trinajstić information content (AvgIpc) is 2.37. The number of ether oxygens (including phenoxy) is 1. The van der Waals surface area contributed by atoms with Crippen molar-refractivity contribution in [3.8, 4) is 0 Å². The highest BCUT2D eigenvalue weighted by Crippen LogP contribution is 2.26. The van der Waals surface area contributed by atoms with Crippen molar-refractivity contribution in [3.63, 3.8) is 0 Å². The van der Waals surface area contributed by atoms with Crippen molar-refractivity contribution in [3.05, 3.63) is 0 Å². The van der Waals surface area contributed by atoms with Crippen molar-refractivity contribution in [2.45, 2.75) is 58.0 Å². The molecule has 3 unspecified atom stereocenters. The summed E-state index contributed by atoms with van der Waals surface area (Å²) in [6.45, 7) is 5.18. The lowest BCUT2D eigenvalue weighted by Gasteiger charge is -2.31. The quantitative estimate of drug-likeness (QED) is 0.729. The van der Waals surface area contributed by atoms with E-state index >= 15 is 0 Å². The van der Waals surface area contributed by atoms with E-state index in [1.54, 1.807) is 7.11 Å². The van der Waals surface area contributed by atoms with Gasteiger partial charge >= 0.3 is 0 Å². The first-order chi connectivity index (χ1) is 8.67. The molecule has 18 heavy (non-hydrogen) atoms. The lowest BCUT2D eigenvalue weighted by molar-refractivity contribution is -0.121. The number of carbonyl (C=O) groups excluding carboxylic acids is 1. The van der Waals surface area contributed by atoms with Crippen LogP contribution in [0.3, 0.4) is 0 Å². The van der Waals surface area contributed by atoms with Gasteiger partial charge in [0.05, 0.1) is 13.2 Å². The Balaban J connectivity index is 2.24. The molecule has 1 aliphatic rings. The van der Waals surface area contributed by atoms with E-state index in [0.717, 1.165) is 5.92 Å². The first-order valence-electron chi connectivity index (χ1n) is 7.19. The van der Waals surface area contributed by atoms with E-state index in [-0.39, 0.29) is 11.9 Å². The van der Waals surface area contributed by atoms with Gasteiger partial charge in [0.1, 0.15) is 0 Å². The first kappa shape index (κ1) is 15.4. The van der Waals surface area contributed by atoms with Crippen LogP contribution in [-0.4, -0.2) is 38.3 Å². The average molecular weight is 256 g/mol. The standard InChI is InChI=1S/C14H28N2O2/c1-4-12-7-5-6-8-13(12)15-9-14(17)16-11(2)10-18-3/h11-13,15H,4-10H2,1-3H3,(H,16,17). The van der Waals surface area contributed by atoms with E-state index in [4.69, 9.17) is 4.74 Å². The number of carbonyl (C=O) groups is 1. The third-order valence-corrected chi connectivity index (χ3v) is 3.78. The number of methoxy groups -OCH3 is 1. The van der Waals surface area contributed by atoms with Crippen LogP contribution in [0, 0.1) is 5.92 Å². The predicted octanol–water partition coefficient (Wildman–Crippen LogP) is 1.70. The molecule has 1 saturated carbocycles.